The van der Waals surface area contributed by atoms with Gasteiger partial charge in [-0.2, -0.15) is 9.97 Å². The van der Waals surface area contributed by atoms with Crippen molar-refractivity contribution in [3.8, 4) is 11.1 Å². The van der Waals surface area contributed by atoms with Crippen LogP contribution in [-0.4, -0.2) is 25.6 Å². The lowest BCUT2D eigenvalue weighted by atomic mass is 9.96. The van der Waals surface area contributed by atoms with Crippen LogP contribution in [0.2, 0.25) is 0 Å². The van der Waals surface area contributed by atoms with Gasteiger partial charge < -0.3 is 15.2 Å². The summed E-state index contributed by atoms with van der Waals surface area (Å²) in [6.07, 6.45) is 8.10. The molecular formula is C29H36N6. The first-order valence-electron chi connectivity index (χ1n) is 12.9. The van der Waals surface area contributed by atoms with Crippen LogP contribution in [0.1, 0.15) is 68.7 Å². The summed E-state index contributed by atoms with van der Waals surface area (Å²) in [6, 6.07) is 16.2. The number of hydrogen-bond donors (Lipinski definition) is 2. The summed E-state index contributed by atoms with van der Waals surface area (Å²) in [6.45, 7) is 9.28. The second-order valence-electron chi connectivity index (χ2n) is 10.2. The van der Waals surface area contributed by atoms with Crippen molar-refractivity contribution in [2.45, 2.75) is 78.4 Å². The third kappa shape index (κ3) is 5.31. The molecule has 0 bridgehead atoms. The van der Waals surface area contributed by atoms with Crippen LogP contribution in [0.25, 0.3) is 22.3 Å². The quantitative estimate of drug-likeness (QED) is 0.304. The molecule has 2 N–H and O–H groups in total. The number of aromatic nitrogens is 4. The zero-order valence-electron chi connectivity index (χ0n) is 21.3. The molecule has 0 spiro atoms. The van der Waals surface area contributed by atoms with Gasteiger partial charge in [-0.25, -0.2) is 4.98 Å². The maximum atomic E-state index is 4.86. The second kappa shape index (κ2) is 10.1. The van der Waals surface area contributed by atoms with Gasteiger partial charge in [-0.3, -0.25) is 0 Å². The molecule has 1 fully saturated rings. The molecule has 0 saturated heterocycles. The largest absolute Gasteiger partial charge is 0.364 e. The van der Waals surface area contributed by atoms with Gasteiger partial charge in [0.05, 0.1) is 6.33 Å². The maximum Gasteiger partial charge on any atom is 0.227 e. The molecule has 2 aromatic carbocycles. The number of anilines is 2. The summed E-state index contributed by atoms with van der Waals surface area (Å²) in [5.74, 6) is 1.48. The van der Waals surface area contributed by atoms with E-state index in [0.29, 0.717) is 18.5 Å². The lowest BCUT2D eigenvalue weighted by Gasteiger charge is -2.23. The Hall–Kier alpha value is -3.41. The van der Waals surface area contributed by atoms with E-state index in [-0.39, 0.29) is 6.04 Å². The van der Waals surface area contributed by atoms with Gasteiger partial charge >= 0.3 is 0 Å². The van der Waals surface area contributed by atoms with E-state index in [1.165, 1.54) is 59.9 Å². The Morgan fingerprint density at radius 3 is 2.31 bits per heavy atom. The summed E-state index contributed by atoms with van der Waals surface area (Å²) in [5.41, 5.74) is 7.97. The fraction of sp³-hybridized carbons (Fsp3) is 0.414. The molecule has 182 valence electrons. The van der Waals surface area contributed by atoms with Crippen LogP contribution in [0, 0.1) is 13.8 Å². The fourth-order valence-corrected chi connectivity index (χ4v) is 5.05. The Labute approximate surface area is 208 Å². The standard InChI is InChI=1S/C29H36N6/c1-19(2)35-18-31-26-27(33-29(34-28(26)35)32-25-8-6-5-7-9-25)30-17-22-10-12-23(13-11-22)24-15-20(3)14-21(4)16-24/h10-16,18-19,25H,5-9,17H2,1-4H3,(H2,30,32,33,34). The molecule has 2 aromatic heterocycles. The van der Waals surface area contributed by atoms with Crippen molar-refractivity contribution < 1.29 is 0 Å². The second-order valence-corrected chi connectivity index (χ2v) is 10.2. The van der Waals surface area contributed by atoms with Crippen LogP contribution in [0.15, 0.2) is 48.8 Å². The molecular weight excluding hydrogens is 432 g/mol. The van der Waals surface area contributed by atoms with Crippen molar-refractivity contribution in [2.75, 3.05) is 10.6 Å². The van der Waals surface area contributed by atoms with E-state index in [4.69, 9.17) is 9.97 Å². The predicted octanol–water partition coefficient (Wildman–Crippen LogP) is 7.05. The highest BCUT2D eigenvalue weighted by Crippen LogP contribution is 2.27. The molecule has 5 rings (SSSR count). The highest BCUT2D eigenvalue weighted by molar-refractivity contribution is 5.84. The normalized spacial score (nSPS) is 14.5. The SMILES string of the molecule is Cc1cc(C)cc(-c2ccc(CNc3nc(NC4CCCCC4)nc4c3ncn4C(C)C)cc2)c1. The van der Waals surface area contributed by atoms with Gasteiger partial charge in [0.25, 0.3) is 0 Å². The zero-order valence-corrected chi connectivity index (χ0v) is 21.3. The first-order chi connectivity index (χ1) is 17.0. The van der Waals surface area contributed by atoms with E-state index in [0.717, 1.165) is 17.0 Å². The van der Waals surface area contributed by atoms with Crippen molar-refractivity contribution >= 4 is 22.9 Å². The molecule has 1 saturated carbocycles. The number of nitrogens with zero attached hydrogens (tertiary/aromatic N) is 4. The number of hydrogen-bond acceptors (Lipinski definition) is 5. The average Bonchev–Trinajstić information content (AvgIpc) is 3.27. The number of nitrogens with one attached hydrogen (secondary N) is 2. The highest BCUT2D eigenvalue weighted by atomic mass is 15.2. The van der Waals surface area contributed by atoms with Crippen LogP contribution in [0.3, 0.4) is 0 Å². The predicted molar refractivity (Wildman–Crippen MR) is 145 cm³/mol. The Kier molecular flexibility index (Phi) is 6.71. The van der Waals surface area contributed by atoms with Gasteiger partial charge in [-0.15, -0.1) is 0 Å². The van der Waals surface area contributed by atoms with E-state index in [2.05, 4.69) is 90.3 Å². The molecule has 6 nitrogen and oxygen atoms in total. The minimum Gasteiger partial charge on any atom is -0.364 e. The molecule has 1 aliphatic rings. The van der Waals surface area contributed by atoms with E-state index >= 15 is 0 Å². The van der Waals surface area contributed by atoms with E-state index in [1.54, 1.807) is 0 Å². The van der Waals surface area contributed by atoms with Gasteiger partial charge in [-0.05, 0) is 57.2 Å². The fourth-order valence-electron chi connectivity index (χ4n) is 5.05. The Morgan fingerprint density at radius 1 is 0.914 bits per heavy atom. The van der Waals surface area contributed by atoms with Gasteiger partial charge in [0, 0.05) is 18.6 Å². The smallest absolute Gasteiger partial charge is 0.227 e. The van der Waals surface area contributed by atoms with Crippen LogP contribution in [0.5, 0.6) is 0 Å². The number of rotatable bonds is 7. The van der Waals surface area contributed by atoms with Crippen molar-refractivity contribution in [3.63, 3.8) is 0 Å². The van der Waals surface area contributed by atoms with E-state index in [1.807, 2.05) is 6.33 Å². The molecule has 0 aliphatic heterocycles. The van der Waals surface area contributed by atoms with Crippen molar-refractivity contribution in [1.29, 1.82) is 0 Å². The lowest BCUT2D eigenvalue weighted by Crippen LogP contribution is -2.24. The molecule has 6 heteroatoms. The Morgan fingerprint density at radius 2 is 1.63 bits per heavy atom. The lowest BCUT2D eigenvalue weighted by molar-refractivity contribution is 0.461. The van der Waals surface area contributed by atoms with E-state index < -0.39 is 0 Å². The molecule has 4 aromatic rings. The molecule has 1 aliphatic carbocycles. The summed E-state index contributed by atoms with van der Waals surface area (Å²) in [7, 11) is 0. The topological polar surface area (TPSA) is 67.7 Å². The third-order valence-corrected chi connectivity index (χ3v) is 6.89. The Bertz CT molecular complexity index is 1280. The van der Waals surface area contributed by atoms with Crippen LogP contribution >= 0.6 is 0 Å². The minimum atomic E-state index is 0.281. The number of aryl methyl sites for hydroxylation is 2. The summed E-state index contributed by atoms with van der Waals surface area (Å²) < 4.78 is 2.12. The monoisotopic (exact) mass is 468 g/mol. The van der Waals surface area contributed by atoms with Gasteiger partial charge in [0.1, 0.15) is 0 Å². The van der Waals surface area contributed by atoms with Crippen molar-refractivity contribution in [1.82, 2.24) is 19.5 Å². The number of benzene rings is 2. The third-order valence-electron chi connectivity index (χ3n) is 6.89. The van der Waals surface area contributed by atoms with Crippen LogP contribution in [0.4, 0.5) is 11.8 Å². The molecule has 2 heterocycles. The molecule has 0 radical (unpaired) electrons. The first-order valence-corrected chi connectivity index (χ1v) is 12.9. The van der Waals surface area contributed by atoms with Crippen LogP contribution in [-0.2, 0) is 6.54 Å². The molecule has 0 atom stereocenters. The van der Waals surface area contributed by atoms with Gasteiger partial charge in [0.2, 0.25) is 5.95 Å². The van der Waals surface area contributed by atoms with Crippen LogP contribution < -0.4 is 10.6 Å². The molecule has 0 unspecified atom stereocenters. The Balaban J connectivity index is 1.37. The molecule has 35 heavy (non-hydrogen) atoms. The van der Waals surface area contributed by atoms with Crippen molar-refractivity contribution in [3.05, 3.63) is 65.5 Å². The number of fused-ring (bicyclic) bond motifs is 1. The average molecular weight is 469 g/mol. The van der Waals surface area contributed by atoms with E-state index in [9.17, 15) is 0 Å². The summed E-state index contributed by atoms with van der Waals surface area (Å²) in [5, 5.41) is 7.14. The summed E-state index contributed by atoms with van der Waals surface area (Å²) in [4.78, 5) is 14.4. The van der Waals surface area contributed by atoms with Gasteiger partial charge in [-0.1, -0.05) is 72.9 Å². The zero-order chi connectivity index (χ0) is 24.4. The first kappa shape index (κ1) is 23.3. The maximum absolute atomic E-state index is 4.86. The molecule has 0 amide bonds. The minimum absolute atomic E-state index is 0.281. The van der Waals surface area contributed by atoms with Gasteiger partial charge in [0.15, 0.2) is 17.0 Å². The number of imidazole rings is 1. The summed E-state index contributed by atoms with van der Waals surface area (Å²) >= 11 is 0. The highest BCUT2D eigenvalue weighted by Gasteiger charge is 2.18. The van der Waals surface area contributed by atoms with Crippen molar-refractivity contribution in [2.24, 2.45) is 0 Å².